The van der Waals surface area contributed by atoms with Gasteiger partial charge in [0, 0.05) is 14.2 Å². The Balaban J connectivity index is 2.33. The number of halogens is 1. The van der Waals surface area contributed by atoms with Gasteiger partial charge in [-0.2, -0.15) is 0 Å². The van der Waals surface area contributed by atoms with Crippen molar-refractivity contribution in [2.75, 3.05) is 0 Å². The van der Waals surface area contributed by atoms with Crippen LogP contribution >= 0.6 is 27.3 Å². The van der Waals surface area contributed by atoms with Gasteiger partial charge in [0.2, 0.25) is 0 Å². The zero-order valence-corrected chi connectivity index (χ0v) is 11.6. The largest absolute Gasteiger partial charge is 0.481 e. The van der Waals surface area contributed by atoms with Crippen molar-refractivity contribution >= 4 is 33.2 Å². The van der Waals surface area contributed by atoms with Crippen LogP contribution in [0.3, 0.4) is 0 Å². The van der Waals surface area contributed by atoms with Crippen LogP contribution in [0.5, 0.6) is 0 Å². The third-order valence-corrected chi connectivity index (χ3v) is 4.34. The molecule has 0 radical (unpaired) electrons. The van der Waals surface area contributed by atoms with Gasteiger partial charge in [0.25, 0.3) is 0 Å². The Morgan fingerprint density at radius 3 is 2.76 bits per heavy atom. The van der Waals surface area contributed by atoms with Gasteiger partial charge in [-0.3, -0.25) is 4.79 Å². The highest BCUT2D eigenvalue weighted by Crippen LogP contribution is 2.33. The third-order valence-electron chi connectivity index (χ3n) is 2.53. The quantitative estimate of drug-likeness (QED) is 0.914. The number of rotatable bonds is 3. The summed E-state index contributed by atoms with van der Waals surface area (Å²) >= 11 is 4.96. The summed E-state index contributed by atoms with van der Waals surface area (Å²) in [6.07, 6.45) is 0. The second-order valence-corrected chi connectivity index (χ2v) is 5.80. The fourth-order valence-corrected chi connectivity index (χ4v) is 2.95. The topological polar surface area (TPSA) is 37.3 Å². The summed E-state index contributed by atoms with van der Waals surface area (Å²) in [6.45, 7) is 1.71. The van der Waals surface area contributed by atoms with E-state index in [0.29, 0.717) is 0 Å². The van der Waals surface area contributed by atoms with Crippen LogP contribution < -0.4 is 0 Å². The summed E-state index contributed by atoms with van der Waals surface area (Å²) in [5, 5.41) is 8.96. The van der Waals surface area contributed by atoms with E-state index in [1.165, 1.54) is 11.3 Å². The van der Waals surface area contributed by atoms with Crippen LogP contribution in [-0.2, 0) is 4.79 Å². The molecule has 1 aromatic carbocycles. The lowest BCUT2D eigenvalue weighted by Crippen LogP contribution is -2.04. The summed E-state index contributed by atoms with van der Waals surface area (Å²) < 4.78 is 1.02. The van der Waals surface area contributed by atoms with Gasteiger partial charge in [0.15, 0.2) is 0 Å². The molecule has 0 saturated heterocycles. The third kappa shape index (κ3) is 2.76. The number of benzene rings is 1. The molecule has 88 valence electrons. The molecule has 0 spiro atoms. The van der Waals surface area contributed by atoms with Crippen molar-refractivity contribution in [2.45, 2.75) is 12.8 Å². The summed E-state index contributed by atoms with van der Waals surface area (Å²) in [7, 11) is 0. The second kappa shape index (κ2) is 5.02. The normalized spacial score (nSPS) is 12.4. The zero-order chi connectivity index (χ0) is 12.4. The maximum absolute atomic E-state index is 10.9. The van der Waals surface area contributed by atoms with Crippen molar-refractivity contribution in [3.63, 3.8) is 0 Å². The molecule has 2 aromatic rings. The summed E-state index contributed by atoms with van der Waals surface area (Å²) in [5.41, 5.74) is 1.10. The van der Waals surface area contributed by atoms with Crippen LogP contribution in [-0.4, -0.2) is 11.1 Å². The fourth-order valence-electron chi connectivity index (χ4n) is 1.50. The van der Waals surface area contributed by atoms with E-state index in [9.17, 15) is 4.79 Å². The van der Waals surface area contributed by atoms with Crippen LogP contribution in [0.4, 0.5) is 0 Å². The lowest BCUT2D eigenvalue weighted by molar-refractivity contribution is -0.138. The molecule has 0 amide bonds. The van der Waals surface area contributed by atoms with E-state index in [1.807, 2.05) is 36.4 Å². The Bertz CT molecular complexity index is 548. The van der Waals surface area contributed by atoms with Gasteiger partial charge >= 0.3 is 5.97 Å². The molecular weight excluding hydrogens is 300 g/mol. The van der Waals surface area contributed by atoms with Crippen LogP contribution in [0.15, 0.2) is 40.9 Å². The Hall–Kier alpha value is -1.13. The standard InChI is InChI=1S/C13H11BrO2S/c1-8(13(15)16)11-5-6-12(17-11)9-3-2-4-10(14)7-9/h2-8H,1H3,(H,15,16). The SMILES string of the molecule is CC(C(=O)O)c1ccc(-c2cccc(Br)c2)s1. The molecule has 0 bridgehead atoms. The molecular formula is C13H11BrO2S. The van der Waals surface area contributed by atoms with Crippen LogP contribution in [0.2, 0.25) is 0 Å². The van der Waals surface area contributed by atoms with Gasteiger partial charge in [-0.25, -0.2) is 0 Å². The number of carboxylic acids is 1. The average molecular weight is 311 g/mol. The van der Waals surface area contributed by atoms with E-state index in [1.54, 1.807) is 6.92 Å². The number of thiophene rings is 1. The van der Waals surface area contributed by atoms with E-state index < -0.39 is 11.9 Å². The first-order valence-electron chi connectivity index (χ1n) is 5.16. The van der Waals surface area contributed by atoms with Gasteiger partial charge in [-0.05, 0) is 36.8 Å². The summed E-state index contributed by atoms with van der Waals surface area (Å²) in [4.78, 5) is 12.9. The number of carbonyl (C=O) groups is 1. The zero-order valence-electron chi connectivity index (χ0n) is 9.18. The smallest absolute Gasteiger partial charge is 0.311 e. The van der Waals surface area contributed by atoms with Crippen molar-refractivity contribution in [3.05, 3.63) is 45.7 Å². The Labute approximate surface area is 112 Å². The molecule has 1 unspecified atom stereocenters. The van der Waals surface area contributed by atoms with Crippen molar-refractivity contribution in [2.24, 2.45) is 0 Å². The molecule has 0 aliphatic rings. The number of hydrogen-bond donors (Lipinski definition) is 1. The number of aliphatic carboxylic acids is 1. The minimum Gasteiger partial charge on any atom is -0.481 e. The number of hydrogen-bond acceptors (Lipinski definition) is 2. The molecule has 2 nitrogen and oxygen atoms in total. The molecule has 17 heavy (non-hydrogen) atoms. The van der Waals surface area contributed by atoms with E-state index in [4.69, 9.17) is 5.11 Å². The van der Waals surface area contributed by atoms with Crippen molar-refractivity contribution in [1.82, 2.24) is 0 Å². The molecule has 1 N–H and O–H groups in total. The van der Waals surface area contributed by atoms with E-state index in [-0.39, 0.29) is 0 Å². The second-order valence-electron chi connectivity index (χ2n) is 3.77. The van der Waals surface area contributed by atoms with Crippen molar-refractivity contribution < 1.29 is 9.90 Å². The van der Waals surface area contributed by atoms with Crippen LogP contribution in [0, 0.1) is 0 Å². The average Bonchev–Trinajstić information content (AvgIpc) is 2.77. The molecule has 4 heteroatoms. The number of carboxylic acid groups (broad SMARTS) is 1. The maximum Gasteiger partial charge on any atom is 0.311 e. The lowest BCUT2D eigenvalue weighted by Gasteiger charge is -2.01. The highest BCUT2D eigenvalue weighted by atomic mass is 79.9. The molecule has 0 aliphatic heterocycles. The molecule has 1 atom stereocenters. The van der Waals surface area contributed by atoms with E-state index in [0.717, 1.165) is 19.8 Å². The van der Waals surface area contributed by atoms with Crippen molar-refractivity contribution in [1.29, 1.82) is 0 Å². The molecule has 2 rings (SSSR count). The predicted octanol–water partition coefficient (Wildman–Crippen LogP) is 4.37. The minimum absolute atomic E-state index is 0.444. The lowest BCUT2D eigenvalue weighted by atomic mass is 10.1. The van der Waals surface area contributed by atoms with Crippen LogP contribution in [0.25, 0.3) is 10.4 Å². The fraction of sp³-hybridized carbons (Fsp3) is 0.154. The first-order valence-corrected chi connectivity index (χ1v) is 6.77. The highest BCUT2D eigenvalue weighted by molar-refractivity contribution is 9.10. The first-order chi connectivity index (χ1) is 8.08. The Morgan fingerprint density at radius 2 is 2.12 bits per heavy atom. The molecule has 0 aliphatic carbocycles. The van der Waals surface area contributed by atoms with Gasteiger partial charge in [-0.15, -0.1) is 11.3 Å². The van der Waals surface area contributed by atoms with Gasteiger partial charge in [-0.1, -0.05) is 28.1 Å². The molecule has 1 heterocycles. The first kappa shape index (κ1) is 12.3. The Kier molecular flexibility index (Phi) is 3.64. The molecule has 0 saturated carbocycles. The van der Waals surface area contributed by atoms with Gasteiger partial charge in [0.05, 0.1) is 5.92 Å². The highest BCUT2D eigenvalue weighted by Gasteiger charge is 2.16. The van der Waals surface area contributed by atoms with Crippen molar-refractivity contribution in [3.8, 4) is 10.4 Å². The van der Waals surface area contributed by atoms with E-state index >= 15 is 0 Å². The van der Waals surface area contributed by atoms with E-state index in [2.05, 4.69) is 15.9 Å². The predicted molar refractivity (Wildman–Crippen MR) is 73.5 cm³/mol. The Morgan fingerprint density at radius 1 is 1.35 bits per heavy atom. The maximum atomic E-state index is 10.9. The van der Waals surface area contributed by atoms with Crippen LogP contribution in [0.1, 0.15) is 17.7 Å². The summed E-state index contributed by atoms with van der Waals surface area (Å²) in [5.74, 6) is -1.23. The van der Waals surface area contributed by atoms with Gasteiger partial charge < -0.3 is 5.11 Å². The summed E-state index contributed by atoms with van der Waals surface area (Å²) in [6, 6.07) is 11.9. The van der Waals surface area contributed by atoms with Gasteiger partial charge in [0.1, 0.15) is 0 Å². The molecule has 0 fully saturated rings. The minimum atomic E-state index is -0.785. The molecule has 1 aromatic heterocycles. The monoisotopic (exact) mass is 310 g/mol.